The lowest BCUT2D eigenvalue weighted by molar-refractivity contribution is -0.147. The number of fused-ring (bicyclic) bond motifs is 2. The average molecular weight is 456 g/mol. The van der Waals surface area contributed by atoms with E-state index in [4.69, 9.17) is 9.84 Å². The van der Waals surface area contributed by atoms with Gasteiger partial charge in [-0.3, -0.25) is 9.69 Å². The van der Waals surface area contributed by atoms with Crippen LogP contribution in [0.5, 0.6) is 5.75 Å². The Hall–Kier alpha value is -2.34. The Balaban J connectivity index is 0.00000231. The largest absolute Gasteiger partial charge is 0.488 e. The summed E-state index contributed by atoms with van der Waals surface area (Å²) < 4.78 is 7.40. The maximum Gasteiger partial charge on any atom is 0.309 e. The van der Waals surface area contributed by atoms with Crippen LogP contribution in [0.4, 0.5) is 0 Å². The molecule has 2 heterocycles. The molecule has 0 saturated carbocycles. The zero-order valence-corrected chi connectivity index (χ0v) is 19.1. The third-order valence-corrected chi connectivity index (χ3v) is 7.38. The first kappa shape index (κ1) is 21.9. The number of benzene rings is 2. The lowest BCUT2D eigenvalue weighted by Crippen LogP contribution is -2.50. The number of hydrogen-bond donors (Lipinski definition) is 1. The Morgan fingerprint density at radius 1 is 1.16 bits per heavy atom. The molecule has 0 spiro atoms. The number of carboxylic acid groups (broad SMARTS) is 1. The Labute approximate surface area is 192 Å². The minimum atomic E-state index is -0.672. The van der Waals surface area contributed by atoms with Gasteiger partial charge in [-0.15, -0.1) is 23.7 Å². The van der Waals surface area contributed by atoms with Gasteiger partial charge in [0.1, 0.15) is 12.4 Å². The molecular formula is C25H26ClNO3S. The van der Waals surface area contributed by atoms with Crippen molar-refractivity contribution >= 4 is 45.4 Å². The van der Waals surface area contributed by atoms with E-state index < -0.39 is 5.97 Å². The first-order valence-electron chi connectivity index (χ1n) is 10.4. The second-order valence-electron chi connectivity index (χ2n) is 8.32. The van der Waals surface area contributed by atoms with E-state index in [-0.39, 0.29) is 18.3 Å². The van der Waals surface area contributed by atoms with Gasteiger partial charge in [0.05, 0.1) is 5.92 Å². The monoisotopic (exact) mass is 455 g/mol. The molecule has 2 aliphatic rings. The predicted octanol–water partition coefficient (Wildman–Crippen LogP) is 5.64. The molecule has 5 rings (SSSR count). The van der Waals surface area contributed by atoms with Crippen molar-refractivity contribution < 1.29 is 14.6 Å². The summed E-state index contributed by atoms with van der Waals surface area (Å²) in [6, 6.07) is 17.1. The number of carbonyl (C=O) groups is 1. The molecule has 1 aromatic heterocycles. The molecule has 4 nitrogen and oxygen atoms in total. The predicted molar refractivity (Wildman–Crippen MR) is 128 cm³/mol. The number of halogens is 1. The van der Waals surface area contributed by atoms with Crippen LogP contribution in [0.3, 0.4) is 0 Å². The van der Waals surface area contributed by atoms with Crippen molar-refractivity contribution in [2.75, 3.05) is 19.6 Å². The van der Waals surface area contributed by atoms with Crippen molar-refractivity contribution in [3.05, 3.63) is 70.1 Å². The number of carboxylic acids is 1. The quantitative estimate of drug-likeness (QED) is 0.522. The van der Waals surface area contributed by atoms with E-state index in [1.54, 1.807) is 11.3 Å². The maximum atomic E-state index is 11.0. The van der Waals surface area contributed by atoms with Crippen LogP contribution in [0.25, 0.3) is 15.7 Å². The molecule has 0 atom stereocenters. The zero-order chi connectivity index (χ0) is 20.7. The van der Waals surface area contributed by atoms with Crippen molar-refractivity contribution in [3.8, 4) is 5.75 Å². The molecule has 0 unspecified atom stereocenters. The molecule has 0 bridgehead atoms. The highest BCUT2D eigenvalue weighted by Gasteiger charge is 2.33. The van der Waals surface area contributed by atoms with Gasteiger partial charge < -0.3 is 9.84 Å². The highest BCUT2D eigenvalue weighted by Crippen LogP contribution is 2.35. The lowest BCUT2D eigenvalue weighted by Gasteiger charge is -2.38. The molecule has 0 radical (unpaired) electrons. The molecule has 1 fully saturated rings. The average Bonchev–Trinajstić information content (AvgIpc) is 3.13. The molecule has 3 aromatic rings. The van der Waals surface area contributed by atoms with Gasteiger partial charge in [0.15, 0.2) is 0 Å². The van der Waals surface area contributed by atoms with E-state index in [1.165, 1.54) is 37.2 Å². The molecular weight excluding hydrogens is 430 g/mol. The minimum Gasteiger partial charge on any atom is -0.488 e. The van der Waals surface area contributed by atoms with Crippen molar-refractivity contribution in [2.45, 2.75) is 26.4 Å². The number of ether oxygens (including phenoxy) is 1. The SMILES string of the molecule is CC1=C(CN2CC(C(=O)O)C2)CCc2cc(OCc3cc4ccccc4s3)ccc21.Cl. The molecule has 2 aromatic carbocycles. The van der Waals surface area contributed by atoms with Crippen molar-refractivity contribution in [2.24, 2.45) is 5.92 Å². The van der Waals surface area contributed by atoms with E-state index in [0.29, 0.717) is 19.7 Å². The van der Waals surface area contributed by atoms with Crippen LogP contribution in [-0.4, -0.2) is 35.6 Å². The van der Waals surface area contributed by atoms with Crippen LogP contribution in [0.2, 0.25) is 0 Å². The highest BCUT2D eigenvalue weighted by molar-refractivity contribution is 7.19. The van der Waals surface area contributed by atoms with Gasteiger partial charge in [-0.2, -0.15) is 0 Å². The van der Waals surface area contributed by atoms with Crippen LogP contribution in [-0.2, 0) is 17.8 Å². The highest BCUT2D eigenvalue weighted by atomic mass is 35.5. The number of likely N-dealkylation sites (tertiary alicyclic amines) is 1. The van der Waals surface area contributed by atoms with Crippen molar-refractivity contribution in [3.63, 3.8) is 0 Å². The van der Waals surface area contributed by atoms with Gasteiger partial charge in [-0.25, -0.2) is 0 Å². The smallest absolute Gasteiger partial charge is 0.309 e. The van der Waals surface area contributed by atoms with E-state index in [2.05, 4.69) is 60.4 Å². The fourth-order valence-electron chi connectivity index (χ4n) is 4.48. The zero-order valence-electron chi connectivity index (χ0n) is 17.5. The Kier molecular flexibility index (Phi) is 6.37. The summed E-state index contributed by atoms with van der Waals surface area (Å²) >= 11 is 1.79. The number of thiophene rings is 1. The lowest BCUT2D eigenvalue weighted by atomic mass is 9.85. The number of rotatable bonds is 6. The number of allylic oxidation sites excluding steroid dienone is 1. The number of nitrogens with zero attached hydrogens (tertiary/aromatic N) is 1. The van der Waals surface area contributed by atoms with E-state index in [0.717, 1.165) is 25.1 Å². The third kappa shape index (κ3) is 4.49. The van der Waals surface area contributed by atoms with Gasteiger partial charge in [0.2, 0.25) is 0 Å². The Bertz CT molecular complexity index is 1110. The molecule has 0 amide bonds. The molecule has 1 N–H and O–H groups in total. The van der Waals surface area contributed by atoms with Crippen LogP contribution in [0.15, 0.2) is 54.1 Å². The summed E-state index contributed by atoms with van der Waals surface area (Å²) in [6.07, 6.45) is 2.05. The second kappa shape index (κ2) is 9.03. The van der Waals surface area contributed by atoms with Crippen LogP contribution >= 0.6 is 23.7 Å². The minimum absolute atomic E-state index is 0. The summed E-state index contributed by atoms with van der Waals surface area (Å²) in [5, 5.41) is 10.3. The van der Waals surface area contributed by atoms with Gasteiger partial charge in [-0.05, 0) is 66.1 Å². The summed E-state index contributed by atoms with van der Waals surface area (Å²) in [6.45, 7) is 5.02. The maximum absolute atomic E-state index is 11.0. The van der Waals surface area contributed by atoms with E-state index >= 15 is 0 Å². The second-order valence-corrected chi connectivity index (χ2v) is 9.48. The molecule has 6 heteroatoms. The number of aliphatic carboxylic acids is 1. The first-order chi connectivity index (χ1) is 14.6. The van der Waals surface area contributed by atoms with Gasteiger partial charge in [0, 0.05) is 29.2 Å². The summed E-state index contributed by atoms with van der Waals surface area (Å²) in [5.74, 6) is 0.0612. The standard InChI is InChI=1S/C25H25NO3S.ClH/c1-16-19(12-26-13-20(14-26)25(27)28)7-6-17-10-21(8-9-23(16)17)29-15-22-11-18-4-2-3-5-24(18)30-22;/h2-5,8-11,20H,6-7,12-15H2,1H3,(H,27,28);1H. The number of aryl methyl sites for hydroxylation is 1. The summed E-state index contributed by atoms with van der Waals surface area (Å²) in [7, 11) is 0. The van der Waals surface area contributed by atoms with Crippen molar-refractivity contribution in [1.82, 2.24) is 4.90 Å². The van der Waals surface area contributed by atoms with Crippen molar-refractivity contribution in [1.29, 1.82) is 0 Å². The Morgan fingerprint density at radius 2 is 1.97 bits per heavy atom. The first-order valence-corrected chi connectivity index (χ1v) is 11.3. The van der Waals surface area contributed by atoms with Crippen LogP contribution in [0.1, 0.15) is 29.3 Å². The van der Waals surface area contributed by atoms with Gasteiger partial charge in [-0.1, -0.05) is 29.8 Å². The molecule has 1 aliphatic carbocycles. The van der Waals surface area contributed by atoms with Gasteiger partial charge in [0.25, 0.3) is 0 Å². The Morgan fingerprint density at radius 3 is 2.74 bits per heavy atom. The van der Waals surface area contributed by atoms with E-state index in [9.17, 15) is 4.79 Å². The fourth-order valence-corrected chi connectivity index (χ4v) is 5.46. The molecule has 31 heavy (non-hydrogen) atoms. The topological polar surface area (TPSA) is 49.8 Å². The molecule has 162 valence electrons. The fraction of sp³-hybridized carbons (Fsp3) is 0.320. The molecule has 1 saturated heterocycles. The van der Waals surface area contributed by atoms with Crippen LogP contribution in [0, 0.1) is 5.92 Å². The van der Waals surface area contributed by atoms with Gasteiger partial charge >= 0.3 is 5.97 Å². The third-order valence-electron chi connectivity index (χ3n) is 6.29. The number of hydrogen-bond acceptors (Lipinski definition) is 4. The van der Waals surface area contributed by atoms with E-state index in [1.807, 2.05) is 0 Å². The summed E-state index contributed by atoms with van der Waals surface area (Å²) in [5.41, 5.74) is 5.43. The molecule has 1 aliphatic heterocycles. The normalized spacial score (nSPS) is 16.5. The summed E-state index contributed by atoms with van der Waals surface area (Å²) in [4.78, 5) is 14.5. The van der Waals surface area contributed by atoms with Crippen LogP contribution < -0.4 is 4.74 Å².